The number of halogens is 6. The molecule has 36 heavy (non-hydrogen) atoms. The van der Waals surface area contributed by atoms with Crippen molar-refractivity contribution >= 4 is 17.6 Å². The molecular formula is C24H18F6N2O4. The van der Waals surface area contributed by atoms with Gasteiger partial charge in [-0.2, -0.15) is 26.3 Å². The Morgan fingerprint density at radius 1 is 0.722 bits per heavy atom. The largest absolute Gasteiger partial charge is 0.489 e. The maximum absolute atomic E-state index is 12.9. The summed E-state index contributed by atoms with van der Waals surface area (Å²) in [5, 5.41) is 4.21. The van der Waals surface area contributed by atoms with Crippen molar-refractivity contribution in [2.75, 3.05) is 11.9 Å². The molecule has 190 valence electrons. The van der Waals surface area contributed by atoms with Gasteiger partial charge in [0.15, 0.2) is 6.61 Å². The summed E-state index contributed by atoms with van der Waals surface area (Å²) >= 11 is 0. The molecule has 0 fully saturated rings. The Morgan fingerprint density at radius 3 is 1.86 bits per heavy atom. The lowest BCUT2D eigenvalue weighted by molar-refractivity contribution is -0.143. The van der Waals surface area contributed by atoms with Gasteiger partial charge in [-0.15, -0.1) is 0 Å². The maximum atomic E-state index is 12.9. The Kier molecular flexibility index (Phi) is 8.07. The molecule has 12 heteroatoms. The number of urea groups is 1. The number of carbonyl (C=O) groups is 2. The molecule has 3 rings (SSSR count). The van der Waals surface area contributed by atoms with Crippen molar-refractivity contribution in [1.82, 2.24) is 5.32 Å². The van der Waals surface area contributed by atoms with Gasteiger partial charge in [-0.1, -0.05) is 30.3 Å². The maximum Gasteiger partial charge on any atom is 0.416 e. The van der Waals surface area contributed by atoms with Crippen LogP contribution in [0.3, 0.4) is 0 Å². The molecule has 0 aromatic heterocycles. The molecule has 6 nitrogen and oxygen atoms in total. The van der Waals surface area contributed by atoms with E-state index in [2.05, 4.69) is 5.32 Å². The molecule has 0 spiro atoms. The molecule has 0 aliphatic carbocycles. The van der Waals surface area contributed by atoms with Gasteiger partial charge in [-0.25, -0.2) is 4.79 Å². The van der Waals surface area contributed by atoms with Crippen molar-refractivity contribution in [3.63, 3.8) is 0 Å². The highest BCUT2D eigenvalue weighted by Gasteiger charge is 2.37. The van der Waals surface area contributed by atoms with Crippen LogP contribution in [0.1, 0.15) is 16.7 Å². The highest BCUT2D eigenvalue weighted by Crippen LogP contribution is 2.38. The molecule has 0 atom stereocenters. The number of amides is 3. The minimum atomic E-state index is -5.07. The smallest absolute Gasteiger partial charge is 0.416 e. The highest BCUT2D eigenvalue weighted by molar-refractivity contribution is 6.01. The first-order valence-corrected chi connectivity index (χ1v) is 10.2. The number of anilines is 1. The van der Waals surface area contributed by atoms with E-state index in [4.69, 9.17) is 9.47 Å². The SMILES string of the molecule is O=C(COc1cc(C(F)(F)F)cc(C(F)(F)F)c1)NC(=O)Nc1ccc(OCc2ccccc2)cc1. The van der Waals surface area contributed by atoms with Crippen LogP contribution in [-0.4, -0.2) is 18.5 Å². The predicted molar refractivity (Wildman–Crippen MR) is 116 cm³/mol. The molecule has 0 radical (unpaired) electrons. The van der Waals surface area contributed by atoms with Crippen molar-refractivity contribution in [2.24, 2.45) is 0 Å². The summed E-state index contributed by atoms with van der Waals surface area (Å²) in [6.07, 6.45) is -10.1. The van der Waals surface area contributed by atoms with E-state index in [1.54, 1.807) is 12.1 Å². The second-order valence-corrected chi connectivity index (χ2v) is 7.33. The Hall–Kier alpha value is -4.22. The fourth-order valence-electron chi connectivity index (χ4n) is 2.86. The zero-order chi connectivity index (χ0) is 26.3. The van der Waals surface area contributed by atoms with Gasteiger partial charge in [-0.05, 0) is 48.0 Å². The number of alkyl halides is 6. The molecule has 0 aliphatic rings. The average Bonchev–Trinajstić information content (AvgIpc) is 2.81. The van der Waals surface area contributed by atoms with Crippen LogP contribution in [0.2, 0.25) is 0 Å². The fraction of sp³-hybridized carbons (Fsp3) is 0.167. The van der Waals surface area contributed by atoms with Gasteiger partial charge in [0, 0.05) is 5.69 Å². The van der Waals surface area contributed by atoms with Crippen molar-refractivity contribution in [3.8, 4) is 11.5 Å². The molecule has 0 heterocycles. The quantitative estimate of drug-likeness (QED) is 0.379. The number of imide groups is 1. The fourth-order valence-corrected chi connectivity index (χ4v) is 2.86. The summed E-state index contributed by atoms with van der Waals surface area (Å²) in [5.41, 5.74) is -1.94. The highest BCUT2D eigenvalue weighted by atomic mass is 19.4. The van der Waals surface area contributed by atoms with E-state index in [1.165, 1.54) is 12.1 Å². The monoisotopic (exact) mass is 512 g/mol. The Morgan fingerprint density at radius 2 is 1.31 bits per heavy atom. The third kappa shape index (κ3) is 7.93. The van der Waals surface area contributed by atoms with E-state index in [1.807, 2.05) is 35.6 Å². The summed E-state index contributed by atoms with van der Waals surface area (Å²) in [7, 11) is 0. The van der Waals surface area contributed by atoms with Gasteiger partial charge in [0.25, 0.3) is 5.91 Å². The van der Waals surface area contributed by atoms with Gasteiger partial charge in [-0.3, -0.25) is 10.1 Å². The van der Waals surface area contributed by atoms with E-state index >= 15 is 0 Å². The van der Waals surface area contributed by atoms with Crippen molar-refractivity contribution < 1.29 is 45.4 Å². The number of rotatable bonds is 7. The second-order valence-electron chi connectivity index (χ2n) is 7.33. The van der Waals surface area contributed by atoms with Crippen molar-refractivity contribution in [1.29, 1.82) is 0 Å². The molecule has 2 N–H and O–H groups in total. The number of hydrogen-bond donors (Lipinski definition) is 2. The molecule has 0 unspecified atom stereocenters. The first kappa shape index (κ1) is 26.4. The first-order valence-electron chi connectivity index (χ1n) is 10.2. The Balaban J connectivity index is 1.51. The van der Waals surface area contributed by atoms with Gasteiger partial charge >= 0.3 is 18.4 Å². The Labute approximate surface area is 200 Å². The van der Waals surface area contributed by atoms with Gasteiger partial charge in [0.05, 0.1) is 11.1 Å². The predicted octanol–water partition coefficient (Wildman–Crippen LogP) is 6.03. The summed E-state index contributed by atoms with van der Waals surface area (Å²) in [6.45, 7) is -0.669. The zero-order valence-electron chi connectivity index (χ0n) is 18.2. The number of benzene rings is 3. The van der Waals surface area contributed by atoms with Crippen LogP contribution >= 0.6 is 0 Å². The molecular weight excluding hydrogens is 494 g/mol. The van der Waals surface area contributed by atoms with Gasteiger partial charge in [0.1, 0.15) is 18.1 Å². The van der Waals surface area contributed by atoms with Gasteiger partial charge < -0.3 is 14.8 Å². The van der Waals surface area contributed by atoms with Crippen LogP contribution in [-0.2, 0) is 23.8 Å². The normalized spacial score (nSPS) is 11.5. The summed E-state index contributed by atoms with van der Waals surface area (Å²) in [5.74, 6) is -1.41. The number of hydrogen-bond acceptors (Lipinski definition) is 4. The number of nitrogens with one attached hydrogen (secondary N) is 2. The average molecular weight is 512 g/mol. The molecule has 3 amide bonds. The third-order valence-electron chi connectivity index (χ3n) is 4.54. The van der Waals surface area contributed by atoms with E-state index in [-0.39, 0.29) is 6.07 Å². The topological polar surface area (TPSA) is 76.7 Å². The molecule has 0 bridgehead atoms. The molecule has 3 aromatic carbocycles. The van der Waals surface area contributed by atoms with Crippen LogP contribution in [0.15, 0.2) is 72.8 Å². The van der Waals surface area contributed by atoms with E-state index in [0.29, 0.717) is 30.2 Å². The number of ether oxygens (including phenoxy) is 2. The number of carbonyl (C=O) groups excluding carboxylic acids is 2. The second kappa shape index (κ2) is 11.0. The molecule has 3 aromatic rings. The summed E-state index contributed by atoms with van der Waals surface area (Å²) < 4.78 is 87.8. The van der Waals surface area contributed by atoms with Crippen LogP contribution < -0.4 is 20.1 Å². The van der Waals surface area contributed by atoms with Crippen LogP contribution in [0.4, 0.5) is 36.8 Å². The zero-order valence-corrected chi connectivity index (χ0v) is 18.2. The third-order valence-corrected chi connectivity index (χ3v) is 4.54. The minimum absolute atomic E-state index is 0.0711. The van der Waals surface area contributed by atoms with Crippen molar-refractivity contribution in [2.45, 2.75) is 19.0 Å². The van der Waals surface area contributed by atoms with Crippen molar-refractivity contribution in [3.05, 3.63) is 89.5 Å². The van der Waals surface area contributed by atoms with E-state index in [9.17, 15) is 35.9 Å². The standard InChI is InChI=1S/C24H18F6N2O4/c25-23(26,27)16-10-17(24(28,29)30)12-20(11-16)36-14-21(33)32-22(34)31-18-6-8-19(9-7-18)35-13-15-4-2-1-3-5-15/h1-12H,13-14H2,(H2,31,32,33,34). The summed E-state index contributed by atoms with van der Waals surface area (Å²) in [6, 6.07) is 15.2. The lowest BCUT2D eigenvalue weighted by Crippen LogP contribution is -2.37. The molecule has 0 saturated carbocycles. The minimum Gasteiger partial charge on any atom is -0.489 e. The van der Waals surface area contributed by atoms with Gasteiger partial charge in [0.2, 0.25) is 0 Å². The summed E-state index contributed by atoms with van der Waals surface area (Å²) in [4.78, 5) is 23.9. The van der Waals surface area contributed by atoms with Crippen LogP contribution in [0, 0.1) is 0 Å². The van der Waals surface area contributed by atoms with E-state index < -0.39 is 47.8 Å². The van der Waals surface area contributed by atoms with E-state index in [0.717, 1.165) is 5.56 Å². The lowest BCUT2D eigenvalue weighted by Gasteiger charge is -2.14. The Bertz CT molecular complexity index is 1160. The molecule has 0 saturated heterocycles. The lowest BCUT2D eigenvalue weighted by atomic mass is 10.1. The molecule has 0 aliphatic heterocycles. The van der Waals surface area contributed by atoms with Crippen LogP contribution in [0.5, 0.6) is 11.5 Å². The van der Waals surface area contributed by atoms with Crippen LogP contribution in [0.25, 0.3) is 0 Å². The first-order chi connectivity index (χ1) is 16.9.